The fourth-order valence-electron chi connectivity index (χ4n) is 4.32. The van der Waals surface area contributed by atoms with Crippen LogP contribution in [-0.4, -0.2) is 51.3 Å². The zero-order chi connectivity index (χ0) is 22.4. The number of hydrogen-bond donors (Lipinski definition) is 1. The highest BCUT2D eigenvalue weighted by molar-refractivity contribution is 6.02. The van der Waals surface area contributed by atoms with Gasteiger partial charge in [0.15, 0.2) is 11.9 Å². The van der Waals surface area contributed by atoms with Gasteiger partial charge in [-0.3, -0.25) is 14.7 Å². The number of aryl methyl sites for hydroxylation is 1. The highest BCUT2D eigenvalue weighted by Crippen LogP contribution is 2.41. The number of likely N-dealkylation sites (N-methyl/N-ethyl adjacent to an activating group) is 1. The molecule has 0 aliphatic carbocycles. The van der Waals surface area contributed by atoms with Crippen molar-refractivity contribution in [3.05, 3.63) is 59.7 Å². The maximum Gasteiger partial charge on any atom is 0.325 e. The Morgan fingerprint density at radius 2 is 1.75 bits per heavy atom. The molecule has 3 heterocycles. The van der Waals surface area contributed by atoms with Gasteiger partial charge in [0, 0.05) is 19.2 Å². The summed E-state index contributed by atoms with van der Waals surface area (Å²) in [4.78, 5) is 28.8. The van der Waals surface area contributed by atoms with Crippen LogP contribution in [0, 0.1) is 6.92 Å². The van der Waals surface area contributed by atoms with Gasteiger partial charge < -0.3 is 14.5 Å². The molecule has 2 aliphatic rings. The lowest BCUT2D eigenvalue weighted by Gasteiger charge is -2.37. The molecule has 0 bridgehead atoms. The molecule has 1 fully saturated rings. The fraction of sp³-hybridized carbons (Fsp3) is 0.304. The van der Waals surface area contributed by atoms with Gasteiger partial charge in [-0.25, -0.2) is 4.79 Å². The predicted molar refractivity (Wildman–Crippen MR) is 118 cm³/mol. The van der Waals surface area contributed by atoms with Crippen LogP contribution in [0.25, 0.3) is 11.4 Å². The van der Waals surface area contributed by atoms with Crippen LogP contribution in [0.2, 0.25) is 0 Å². The zero-order valence-electron chi connectivity index (χ0n) is 18.1. The Labute approximate surface area is 185 Å². The van der Waals surface area contributed by atoms with Crippen molar-refractivity contribution in [3.63, 3.8) is 0 Å². The third-order valence-corrected chi connectivity index (χ3v) is 5.93. The Balaban J connectivity index is 1.59. The molecule has 2 unspecified atom stereocenters. The minimum absolute atomic E-state index is 0.339. The number of ether oxygens (including phenoxy) is 1. The second-order valence-electron chi connectivity index (χ2n) is 8.03. The van der Waals surface area contributed by atoms with Crippen molar-refractivity contribution in [1.29, 1.82) is 0 Å². The third-order valence-electron chi connectivity index (χ3n) is 5.93. The first-order valence-electron chi connectivity index (χ1n) is 10.6. The lowest BCUT2D eigenvalue weighted by Crippen LogP contribution is -2.61. The van der Waals surface area contributed by atoms with E-state index in [4.69, 9.17) is 4.74 Å². The lowest BCUT2D eigenvalue weighted by molar-refractivity contribution is -0.124. The number of benzene rings is 2. The Morgan fingerprint density at radius 1 is 1.03 bits per heavy atom. The molecule has 3 aromatic rings. The van der Waals surface area contributed by atoms with Crippen LogP contribution in [0.1, 0.15) is 24.2 Å². The van der Waals surface area contributed by atoms with Crippen LogP contribution in [0.15, 0.2) is 48.5 Å². The van der Waals surface area contributed by atoms with Crippen LogP contribution in [0.3, 0.4) is 0 Å². The molecule has 0 saturated carbocycles. The number of rotatable bonds is 5. The molecule has 0 spiro atoms. The molecule has 9 nitrogen and oxygen atoms in total. The van der Waals surface area contributed by atoms with Gasteiger partial charge in [-0.2, -0.15) is 0 Å². The maximum absolute atomic E-state index is 12.9. The van der Waals surface area contributed by atoms with Crippen LogP contribution in [0.4, 0.5) is 10.7 Å². The van der Waals surface area contributed by atoms with Crippen molar-refractivity contribution < 1.29 is 14.3 Å². The molecule has 5 rings (SSSR count). The number of amides is 3. The highest BCUT2D eigenvalue weighted by atomic mass is 16.5. The van der Waals surface area contributed by atoms with Gasteiger partial charge in [0.05, 0.1) is 6.61 Å². The van der Waals surface area contributed by atoms with Gasteiger partial charge in [-0.05, 0) is 43.7 Å². The Hall–Kier alpha value is -3.88. The first kappa shape index (κ1) is 20.0. The number of urea groups is 1. The summed E-state index contributed by atoms with van der Waals surface area (Å²) in [5, 5.41) is 11.3. The van der Waals surface area contributed by atoms with Gasteiger partial charge in [-0.1, -0.05) is 29.8 Å². The number of fused-ring (bicyclic) bond motifs is 3. The minimum atomic E-state index is -0.606. The zero-order valence-corrected chi connectivity index (χ0v) is 18.1. The second kappa shape index (κ2) is 7.67. The molecule has 2 atom stereocenters. The van der Waals surface area contributed by atoms with Gasteiger partial charge in [-0.15, -0.1) is 10.2 Å². The number of hydrogen-bond acceptors (Lipinski definition) is 6. The molecule has 32 heavy (non-hydrogen) atoms. The summed E-state index contributed by atoms with van der Waals surface area (Å²) in [5.74, 6) is 1.58. The van der Waals surface area contributed by atoms with Crippen LogP contribution in [-0.2, 0) is 11.3 Å². The Morgan fingerprint density at radius 3 is 2.44 bits per heavy atom. The van der Waals surface area contributed by atoms with E-state index in [9.17, 15) is 9.59 Å². The van der Waals surface area contributed by atoms with E-state index < -0.39 is 18.2 Å². The Kier molecular flexibility index (Phi) is 4.80. The van der Waals surface area contributed by atoms with E-state index in [1.54, 1.807) is 7.05 Å². The van der Waals surface area contributed by atoms with Crippen molar-refractivity contribution in [3.8, 4) is 17.1 Å². The second-order valence-corrected chi connectivity index (χ2v) is 8.03. The first-order chi connectivity index (χ1) is 15.5. The Bertz CT molecular complexity index is 1170. The van der Waals surface area contributed by atoms with Gasteiger partial charge in [0.1, 0.15) is 11.9 Å². The summed E-state index contributed by atoms with van der Waals surface area (Å²) in [5.41, 5.74) is 3.03. The van der Waals surface area contributed by atoms with E-state index >= 15 is 0 Å². The molecule has 2 aliphatic heterocycles. The number of nitrogens with one attached hydrogen (secondary N) is 1. The van der Waals surface area contributed by atoms with Crippen molar-refractivity contribution in [1.82, 2.24) is 25.0 Å². The number of aromatic nitrogens is 3. The number of carbonyl (C=O) groups is 2. The van der Waals surface area contributed by atoms with Crippen molar-refractivity contribution in [2.75, 3.05) is 18.6 Å². The molecule has 9 heteroatoms. The predicted octanol–water partition coefficient (Wildman–Crippen LogP) is 2.72. The summed E-state index contributed by atoms with van der Waals surface area (Å²) < 4.78 is 7.42. The quantitative estimate of drug-likeness (QED) is 0.667. The van der Waals surface area contributed by atoms with Gasteiger partial charge in [0.25, 0.3) is 5.91 Å². The van der Waals surface area contributed by atoms with E-state index in [-0.39, 0.29) is 5.91 Å². The molecule has 3 amide bonds. The average molecular weight is 432 g/mol. The molecule has 1 N–H and O–H groups in total. The molecular weight excluding hydrogens is 408 g/mol. The number of nitrogens with zero attached hydrogens (tertiary/aromatic N) is 5. The third kappa shape index (κ3) is 3.17. The van der Waals surface area contributed by atoms with E-state index in [1.807, 2.05) is 71.8 Å². The van der Waals surface area contributed by atoms with Crippen molar-refractivity contribution >= 4 is 17.9 Å². The van der Waals surface area contributed by atoms with E-state index in [2.05, 4.69) is 15.5 Å². The maximum atomic E-state index is 12.9. The van der Waals surface area contributed by atoms with E-state index in [1.165, 1.54) is 4.90 Å². The molecule has 2 aromatic carbocycles. The van der Waals surface area contributed by atoms with E-state index in [0.717, 1.165) is 22.4 Å². The lowest BCUT2D eigenvalue weighted by atomic mass is 10.1. The molecule has 1 saturated heterocycles. The number of imide groups is 1. The largest absolute Gasteiger partial charge is 0.494 e. The van der Waals surface area contributed by atoms with E-state index in [0.29, 0.717) is 24.9 Å². The smallest absolute Gasteiger partial charge is 0.325 e. The number of anilines is 1. The monoisotopic (exact) mass is 432 g/mol. The summed E-state index contributed by atoms with van der Waals surface area (Å²) in [6.07, 6.45) is -0.548. The van der Waals surface area contributed by atoms with Gasteiger partial charge in [0.2, 0.25) is 5.95 Å². The fourth-order valence-corrected chi connectivity index (χ4v) is 4.32. The SMILES string of the molecule is CCOc1ccc(-c2nnc3n2C2C(C(=O)NC(=O)N2C)N3Cc2ccc(C)cc2)cc1. The molecule has 164 valence electrons. The standard InChI is InChI=1S/C23H24N6O3/c1-4-32-17-11-9-16(10-12-17)19-25-26-22-28(13-15-7-5-14(2)6-8-15)18-20(30)24-23(31)27(3)21(18)29(19)22/h5-12,18,21H,4,13H2,1-3H3,(H,24,30,31). The number of carbonyl (C=O) groups excluding carboxylic acids is 2. The highest BCUT2D eigenvalue weighted by Gasteiger charge is 2.52. The summed E-state index contributed by atoms with van der Waals surface area (Å²) >= 11 is 0. The molecular formula is C23H24N6O3. The van der Waals surface area contributed by atoms with Crippen LogP contribution >= 0.6 is 0 Å². The summed E-state index contributed by atoms with van der Waals surface area (Å²) in [6.45, 7) is 5.02. The minimum Gasteiger partial charge on any atom is -0.494 e. The summed E-state index contributed by atoms with van der Waals surface area (Å²) in [7, 11) is 1.68. The van der Waals surface area contributed by atoms with Crippen LogP contribution < -0.4 is 15.0 Å². The molecule has 0 radical (unpaired) electrons. The topological polar surface area (TPSA) is 92.6 Å². The normalized spacial score (nSPS) is 19.6. The average Bonchev–Trinajstić information content (AvgIpc) is 3.34. The molecule has 1 aromatic heterocycles. The van der Waals surface area contributed by atoms with Crippen LogP contribution in [0.5, 0.6) is 5.75 Å². The first-order valence-corrected chi connectivity index (χ1v) is 10.6. The van der Waals surface area contributed by atoms with Crippen molar-refractivity contribution in [2.24, 2.45) is 0 Å². The van der Waals surface area contributed by atoms with Crippen molar-refractivity contribution in [2.45, 2.75) is 32.6 Å². The van der Waals surface area contributed by atoms with Gasteiger partial charge >= 0.3 is 6.03 Å². The summed E-state index contributed by atoms with van der Waals surface area (Å²) in [6, 6.07) is 14.7.